The molecule has 1 saturated heterocycles. The molecule has 1 fully saturated rings. The van der Waals surface area contributed by atoms with Gasteiger partial charge in [0.05, 0.1) is 7.11 Å². The minimum absolute atomic E-state index is 0.624. The molecule has 1 N–H and O–H groups in total. The molecule has 6 heteroatoms. The Morgan fingerprint density at radius 3 is 2.36 bits per heavy atom. The number of benzene rings is 3. The Morgan fingerprint density at radius 2 is 1.64 bits per heavy atom. The third-order valence-corrected chi connectivity index (χ3v) is 6.41. The van der Waals surface area contributed by atoms with E-state index in [0.717, 1.165) is 42.6 Å². The number of anilines is 2. The second kappa shape index (κ2) is 8.20. The quantitative estimate of drug-likeness (QED) is 0.715. The Labute approximate surface area is 168 Å². The smallest absolute Gasteiger partial charge is 0.154 e. The van der Waals surface area contributed by atoms with E-state index in [1.54, 1.807) is 7.11 Å². The van der Waals surface area contributed by atoms with Gasteiger partial charge in [0.15, 0.2) is 11.0 Å². The van der Waals surface area contributed by atoms with Crippen molar-refractivity contribution < 1.29 is 8.95 Å². The monoisotopic (exact) mass is 395 g/mol. The summed E-state index contributed by atoms with van der Waals surface area (Å²) < 4.78 is 21.7. The molecule has 1 aliphatic rings. The molecule has 3 aromatic carbocycles. The fraction of sp³-hybridized carbons (Fsp3) is 0.273. The van der Waals surface area contributed by atoms with Gasteiger partial charge in [-0.15, -0.1) is 0 Å². The second-order valence-corrected chi connectivity index (χ2v) is 8.18. The van der Waals surface area contributed by atoms with Crippen LogP contribution in [0.1, 0.15) is 0 Å². The Bertz CT molecular complexity index is 983. The van der Waals surface area contributed by atoms with E-state index >= 15 is 0 Å². The number of ether oxygens (including phenoxy) is 1. The molecule has 0 unspecified atom stereocenters. The topological polar surface area (TPSA) is 44.8 Å². The molecule has 4 rings (SSSR count). The average molecular weight is 396 g/mol. The van der Waals surface area contributed by atoms with Crippen LogP contribution in [-0.4, -0.2) is 49.4 Å². The minimum atomic E-state index is -1.43. The van der Waals surface area contributed by atoms with Crippen molar-refractivity contribution in [3.8, 4) is 5.75 Å². The summed E-state index contributed by atoms with van der Waals surface area (Å²) in [5.74, 6) is 0.624. The zero-order valence-electron chi connectivity index (χ0n) is 16.2. The molecule has 0 amide bonds. The maximum atomic E-state index is 13.1. The number of piperazine rings is 1. The highest BCUT2D eigenvalue weighted by Gasteiger charge is 2.17. The van der Waals surface area contributed by atoms with Crippen LogP contribution in [0.25, 0.3) is 10.8 Å². The van der Waals surface area contributed by atoms with E-state index in [9.17, 15) is 4.21 Å². The fourth-order valence-electron chi connectivity index (χ4n) is 3.54. The molecule has 1 aliphatic heterocycles. The normalized spacial score (nSPS) is 16.1. The van der Waals surface area contributed by atoms with Gasteiger partial charge >= 0.3 is 0 Å². The molecule has 28 heavy (non-hydrogen) atoms. The largest absolute Gasteiger partial charge is 0.495 e. The summed E-state index contributed by atoms with van der Waals surface area (Å²) in [5, 5.41) is 1.97. The highest BCUT2D eigenvalue weighted by molar-refractivity contribution is 7.86. The van der Waals surface area contributed by atoms with Gasteiger partial charge in [0.2, 0.25) is 0 Å². The number of methoxy groups -OCH3 is 1. The standard InChI is InChI=1S/C22H25N3O2S/c1-24-13-15-25(16-14-24)19-10-8-18(9-11-19)23-28(26)22-20-6-4-3-5-17(20)7-12-21(22)27-2/h3-12,23H,13-16H2,1-2H3/t28-/m0/s1. The maximum Gasteiger partial charge on any atom is 0.154 e. The van der Waals surface area contributed by atoms with E-state index in [2.05, 4.69) is 33.7 Å². The molecule has 3 aromatic rings. The maximum absolute atomic E-state index is 13.1. The number of nitrogens with one attached hydrogen (secondary N) is 1. The number of nitrogens with zero attached hydrogens (tertiary/aromatic N) is 2. The van der Waals surface area contributed by atoms with Crippen molar-refractivity contribution in [2.75, 3.05) is 50.0 Å². The molecule has 1 atom stereocenters. The Balaban J connectivity index is 1.55. The van der Waals surface area contributed by atoms with Crippen LogP contribution in [0.3, 0.4) is 0 Å². The number of likely N-dealkylation sites (N-methyl/N-ethyl adjacent to an activating group) is 1. The Morgan fingerprint density at radius 1 is 0.929 bits per heavy atom. The zero-order chi connectivity index (χ0) is 19.5. The van der Waals surface area contributed by atoms with Gasteiger partial charge in [0.1, 0.15) is 10.6 Å². The fourth-order valence-corrected chi connectivity index (χ4v) is 4.71. The number of fused-ring (bicyclic) bond motifs is 1. The van der Waals surface area contributed by atoms with Crippen LogP contribution in [0.2, 0.25) is 0 Å². The Hall–Kier alpha value is -2.57. The van der Waals surface area contributed by atoms with Crippen LogP contribution < -0.4 is 14.4 Å². The van der Waals surface area contributed by atoms with E-state index in [0.29, 0.717) is 10.6 Å². The van der Waals surface area contributed by atoms with Crippen molar-refractivity contribution in [2.45, 2.75) is 4.90 Å². The van der Waals surface area contributed by atoms with Crippen LogP contribution in [0, 0.1) is 0 Å². The first kappa shape index (κ1) is 18.8. The van der Waals surface area contributed by atoms with E-state index < -0.39 is 11.0 Å². The van der Waals surface area contributed by atoms with E-state index in [4.69, 9.17) is 4.74 Å². The van der Waals surface area contributed by atoms with Gasteiger partial charge in [-0.2, -0.15) is 0 Å². The molecule has 1 heterocycles. The third-order valence-electron chi connectivity index (χ3n) is 5.20. The first-order chi connectivity index (χ1) is 13.7. The SMILES string of the molecule is COc1ccc2ccccc2c1[S@](=O)Nc1ccc(N2CCN(C)CC2)cc1. The van der Waals surface area contributed by atoms with E-state index in [1.165, 1.54) is 5.69 Å². The summed E-state index contributed by atoms with van der Waals surface area (Å²) in [7, 11) is 2.33. The van der Waals surface area contributed by atoms with Crippen molar-refractivity contribution in [2.24, 2.45) is 0 Å². The molecule has 0 aromatic heterocycles. The molecular formula is C22H25N3O2S. The lowest BCUT2D eigenvalue weighted by molar-refractivity contribution is 0.313. The lowest BCUT2D eigenvalue weighted by Gasteiger charge is -2.34. The summed E-state index contributed by atoms with van der Waals surface area (Å²) in [6, 6.07) is 19.9. The predicted octanol–water partition coefficient (Wildman–Crippen LogP) is 3.73. The molecule has 0 radical (unpaired) electrons. The highest BCUT2D eigenvalue weighted by atomic mass is 32.2. The number of rotatable bonds is 5. The van der Waals surface area contributed by atoms with E-state index in [1.807, 2.05) is 48.5 Å². The van der Waals surface area contributed by atoms with Gasteiger partial charge in [0.25, 0.3) is 0 Å². The Kier molecular flexibility index (Phi) is 5.50. The molecule has 0 bridgehead atoms. The number of hydrogen-bond acceptors (Lipinski definition) is 4. The lowest BCUT2D eigenvalue weighted by Crippen LogP contribution is -2.44. The second-order valence-electron chi connectivity index (χ2n) is 7.03. The number of hydrogen-bond donors (Lipinski definition) is 1. The molecule has 0 saturated carbocycles. The third kappa shape index (κ3) is 3.84. The van der Waals surface area contributed by atoms with Gasteiger partial charge in [0, 0.05) is 42.9 Å². The minimum Gasteiger partial charge on any atom is -0.495 e. The van der Waals surface area contributed by atoms with Crippen molar-refractivity contribution in [1.82, 2.24) is 4.90 Å². The van der Waals surface area contributed by atoms with Gasteiger partial charge in [-0.1, -0.05) is 30.3 Å². The summed E-state index contributed by atoms with van der Waals surface area (Å²) in [6.07, 6.45) is 0. The summed E-state index contributed by atoms with van der Waals surface area (Å²) >= 11 is 0. The van der Waals surface area contributed by atoms with Crippen molar-refractivity contribution in [3.63, 3.8) is 0 Å². The molecule has 5 nitrogen and oxygen atoms in total. The summed E-state index contributed by atoms with van der Waals surface area (Å²) in [6.45, 7) is 4.21. The van der Waals surface area contributed by atoms with Crippen LogP contribution >= 0.6 is 0 Å². The molecule has 0 spiro atoms. The highest BCUT2D eigenvalue weighted by Crippen LogP contribution is 2.31. The first-order valence-corrected chi connectivity index (χ1v) is 10.6. The lowest BCUT2D eigenvalue weighted by atomic mass is 10.1. The average Bonchev–Trinajstić information content (AvgIpc) is 2.74. The van der Waals surface area contributed by atoms with Crippen molar-refractivity contribution in [3.05, 3.63) is 60.7 Å². The van der Waals surface area contributed by atoms with Crippen LogP contribution in [0.4, 0.5) is 11.4 Å². The predicted molar refractivity (Wildman–Crippen MR) is 117 cm³/mol. The van der Waals surface area contributed by atoms with E-state index in [-0.39, 0.29) is 0 Å². The zero-order valence-corrected chi connectivity index (χ0v) is 17.0. The van der Waals surface area contributed by atoms with Gasteiger partial charge in [-0.25, -0.2) is 4.21 Å². The summed E-state index contributed by atoms with van der Waals surface area (Å²) in [5.41, 5.74) is 2.03. The van der Waals surface area contributed by atoms with Crippen molar-refractivity contribution >= 4 is 33.1 Å². The van der Waals surface area contributed by atoms with Crippen LogP contribution in [-0.2, 0) is 11.0 Å². The summed E-state index contributed by atoms with van der Waals surface area (Å²) in [4.78, 5) is 5.39. The van der Waals surface area contributed by atoms with Gasteiger partial charge < -0.3 is 19.3 Å². The van der Waals surface area contributed by atoms with Gasteiger partial charge in [-0.05, 0) is 42.8 Å². The van der Waals surface area contributed by atoms with Crippen molar-refractivity contribution in [1.29, 1.82) is 0 Å². The molecule has 146 valence electrons. The van der Waals surface area contributed by atoms with Crippen LogP contribution in [0.5, 0.6) is 5.75 Å². The first-order valence-electron chi connectivity index (χ1n) is 9.43. The molecule has 0 aliphatic carbocycles. The van der Waals surface area contributed by atoms with Crippen LogP contribution in [0.15, 0.2) is 65.6 Å². The van der Waals surface area contributed by atoms with Gasteiger partial charge in [-0.3, -0.25) is 0 Å². The molecular weight excluding hydrogens is 370 g/mol.